The van der Waals surface area contributed by atoms with Crippen LogP contribution in [0.1, 0.15) is 18.2 Å². The number of nitrogens with zero attached hydrogens (tertiary/aromatic N) is 2. The zero-order valence-corrected chi connectivity index (χ0v) is 16.9. The standard InChI is InChI=1S/C21H20F4N2O4/c1-12-9-15(22)16(10-17(12)31-14(3)8-6-5-7-13(2)28)27-19(29)11-18(21(23,24)25)26(4)20(27)30/h5-11,14,28H,2H2,1,3-4H3/b7-5-,8-6-. The average Bonchev–Trinajstić information content (AvgIpc) is 2.64. The maximum Gasteiger partial charge on any atom is 0.431 e. The molecule has 1 heterocycles. The number of allylic oxidation sites excluding steroid dienone is 3. The van der Waals surface area contributed by atoms with Crippen LogP contribution in [0.15, 0.2) is 64.4 Å². The number of aryl methyl sites for hydroxylation is 1. The maximum atomic E-state index is 14.6. The van der Waals surface area contributed by atoms with E-state index in [4.69, 9.17) is 9.84 Å². The summed E-state index contributed by atoms with van der Waals surface area (Å²) in [5.74, 6) is -0.991. The molecule has 0 aliphatic heterocycles. The van der Waals surface area contributed by atoms with Crippen molar-refractivity contribution in [3.8, 4) is 11.4 Å². The van der Waals surface area contributed by atoms with Crippen molar-refractivity contribution in [1.29, 1.82) is 0 Å². The second-order valence-electron chi connectivity index (χ2n) is 6.67. The van der Waals surface area contributed by atoms with E-state index in [0.717, 1.165) is 19.2 Å². The molecule has 1 unspecified atom stereocenters. The van der Waals surface area contributed by atoms with Gasteiger partial charge in [-0.25, -0.2) is 13.8 Å². The largest absolute Gasteiger partial charge is 0.509 e. The molecule has 0 radical (unpaired) electrons. The molecule has 1 N–H and O–H groups in total. The summed E-state index contributed by atoms with van der Waals surface area (Å²) >= 11 is 0. The Kier molecular flexibility index (Phi) is 6.94. The monoisotopic (exact) mass is 440 g/mol. The molecule has 1 aromatic heterocycles. The summed E-state index contributed by atoms with van der Waals surface area (Å²) in [7, 11) is 0.839. The normalized spacial score (nSPS) is 13.1. The number of alkyl halides is 3. The van der Waals surface area contributed by atoms with Crippen LogP contribution in [0, 0.1) is 12.7 Å². The summed E-state index contributed by atoms with van der Waals surface area (Å²) in [6.07, 6.45) is 0.562. The first-order chi connectivity index (χ1) is 14.3. The van der Waals surface area contributed by atoms with Crippen LogP contribution in [0.4, 0.5) is 17.6 Å². The molecular weight excluding hydrogens is 420 g/mol. The molecule has 0 fully saturated rings. The van der Waals surface area contributed by atoms with Crippen molar-refractivity contribution in [2.24, 2.45) is 7.05 Å². The Morgan fingerprint density at radius 3 is 2.45 bits per heavy atom. The highest BCUT2D eigenvalue weighted by Crippen LogP contribution is 2.28. The van der Waals surface area contributed by atoms with Crippen LogP contribution < -0.4 is 16.0 Å². The molecule has 2 rings (SSSR count). The fraction of sp³-hybridized carbons (Fsp3) is 0.238. The van der Waals surface area contributed by atoms with Crippen LogP contribution in [-0.4, -0.2) is 20.3 Å². The number of hydrogen-bond donors (Lipinski definition) is 1. The Morgan fingerprint density at radius 1 is 1.23 bits per heavy atom. The van der Waals surface area contributed by atoms with Crippen LogP contribution in [0.3, 0.4) is 0 Å². The molecular formula is C21H20F4N2O4. The van der Waals surface area contributed by atoms with Gasteiger partial charge in [0.05, 0.1) is 5.69 Å². The van der Waals surface area contributed by atoms with E-state index in [9.17, 15) is 27.2 Å². The van der Waals surface area contributed by atoms with Crippen molar-refractivity contribution in [2.75, 3.05) is 0 Å². The predicted molar refractivity (Wildman–Crippen MR) is 107 cm³/mol. The van der Waals surface area contributed by atoms with Crippen molar-refractivity contribution in [2.45, 2.75) is 26.1 Å². The summed E-state index contributed by atoms with van der Waals surface area (Å²) in [4.78, 5) is 24.7. The number of rotatable bonds is 6. The van der Waals surface area contributed by atoms with Gasteiger partial charge in [-0.05, 0) is 37.6 Å². The molecule has 0 amide bonds. The molecule has 0 spiro atoms. The van der Waals surface area contributed by atoms with Gasteiger partial charge in [-0.15, -0.1) is 0 Å². The second-order valence-corrected chi connectivity index (χ2v) is 6.67. The lowest BCUT2D eigenvalue weighted by atomic mass is 10.2. The van der Waals surface area contributed by atoms with E-state index >= 15 is 0 Å². The average molecular weight is 440 g/mol. The highest BCUT2D eigenvalue weighted by Gasteiger charge is 2.35. The molecule has 0 bridgehead atoms. The van der Waals surface area contributed by atoms with E-state index in [1.54, 1.807) is 19.1 Å². The van der Waals surface area contributed by atoms with Crippen LogP contribution in [0.5, 0.6) is 5.75 Å². The lowest BCUT2D eigenvalue weighted by Gasteiger charge is -2.17. The first-order valence-corrected chi connectivity index (χ1v) is 8.93. The minimum absolute atomic E-state index is 0.123. The quantitative estimate of drug-likeness (QED) is 0.419. The molecule has 166 valence electrons. The summed E-state index contributed by atoms with van der Waals surface area (Å²) in [6.45, 7) is 6.47. The molecule has 2 aromatic rings. The first kappa shape index (κ1) is 23.7. The SMILES string of the molecule is C=C(O)/C=C\C=C/C(C)Oc1cc(-n2c(=O)cc(C(F)(F)F)n(C)c2=O)c(F)cc1C. The van der Waals surface area contributed by atoms with Crippen molar-refractivity contribution in [1.82, 2.24) is 9.13 Å². The van der Waals surface area contributed by atoms with Gasteiger partial charge in [0.2, 0.25) is 0 Å². The number of hydrogen-bond acceptors (Lipinski definition) is 4. The number of benzene rings is 1. The molecule has 6 nitrogen and oxygen atoms in total. The van der Waals surface area contributed by atoms with E-state index in [1.165, 1.54) is 19.1 Å². The van der Waals surface area contributed by atoms with Gasteiger partial charge in [-0.3, -0.25) is 9.36 Å². The Bertz CT molecular complexity index is 1170. The molecule has 1 atom stereocenters. The Balaban J connectivity index is 2.51. The van der Waals surface area contributed by atoms with E-state index in [1.807, 2.05) is 0 Å². The molecule has 0 aliphatic carbocycles. The zero-order valence-electron chi connectivity index (χ0n) is 16.9. The third-order valence-corrected chi connectivity index (χ3v) is 4.19. The van der Waals surface area contributed by atoms with Crippen LogP contribution in [0.25, 0.3) is 5.69 Å². The van der Waals surface area contributed by atoms with Crippen molar-refractivity contribution < 1.29 is 27.4 Å². The van der Waals surface area contributed by atoms with E-state index < -0.39 is 40.7 Å². The lowest BCUT2D eigenvalue weighted by Crippen LogP contribution is -2.41. The molecule has 0 aliphatic rings. The van der Waals surface area contributed by atoms with Crippen molar-refractivity contribution >= 4 is 0 Å². The second kappa shape index (κ2) is 9.07. The van der Waals surface area contributed by atoms with Gasteiger partial charge in [0.1, 0.15) is 29.1 Å². The fourth-order valence-corrected chi connectivity index (χ4v) is 2.69. The van der Waals surface area contributed by atoms with E-state index in [2.05, 4.69) is 6.58 Å². The summed E-state index contributed by atoms with van der Waals surface area (Å²) in [6, 6.07) is 2.32. The Morgan fingerprint density at radius 2 is 1.87 bits per heavy atom. The van der Waals surface area contributed by atoms with Gasteiger partial charge in [0, 0.05) is 19.2 Å². The summed E-state index contributed by atoms with van der Waals surface area (Å²) in [5.41, 5.74) is -4.31. The number of aliphatic hydroxyl groups is 1. The maximum absolute atomic E-state index is 14.6. The van der Waals surface area contributed by atoms with Gasteiger partial charge in [0.25, 0.3) is 5.56 Å². The molecule has 31 heavy (non-hydrogen) atoms. The van der Waals surface area contributed by atoms with Crippen LogP contribution in [-0.2, 0) is 13.2 Å². The van der Waals surface area contributed by atoms with Gasteiger partial charge in [-0.2, -0.15) is 13.2 Å². The summed E-state index contributed by atoms with van der Waals surface area (Å²) in [5, 5.41) is 8.98. The molecule has 0 saturated heterocycles. The summed E-state index contributed by atoms with van der Waals surface area (Å²) < 4.78 is 59.9. The highest BCUT2D eigenvalue weighted by molar-refractivity contribution is 5.46. The van der Waals surface area contributed by atoms with Gasteiger partial charge in [-0.1, -0.05) is 18.7 Å². The predicted octanol–water partition coefficient (Wildman–Crippen LogP) is 3.95. The van der Waals surface area contributed by atoms with E-state index in [-0.39, 0.29) is 22.1 Å². The highest BCUT2D eigenvalue weighted by atomic mass is 19.4. The molecule has 10 heteroatoms. The van der Waals surface area contributed by atoms with Gasteiger partial charge >= 0.3 is 11.9 Å². The number of ether oxygens (including phenoxy) is 1. The van der Waals surface area contributed by atoms with Gasteiger partial charge in [0.15, 0.2) is 0 Å². The minimum Gasteiger partial charge on any atom is -0.509 e. The smallest absolute Gasteiger partial charge is 0.431 e. The van der Waals surface area contributed by atoms with Crippen LogP contribution in [0.2, 0.25) is 0 Å². The van der Waals surface area contributed by atoms with Gasteiger partial charge < -0.3 is 9.84 Å². The first-order valence-electron chi connectivity index (χ1n) is 8.93. The topological polar surface area (TPSA) is 73.5 Å². The number of halogens is 4. The zero-order chi connectivity index (χ0) is 23.5. The van der Waals surface area contributed by atoms with Crippen molar-refractivity contribution in [3.05, 3.63) is 92.8 Å². The number of aromatic nitrogens is 2. The molecule has 0 saturated carbocycles. The lowest BCUT2D eigenvalue weighted by molar-refractivity contribution is -0.144. The number of aliphatic hydroxyl groups excluding tert-OH is 1. The fourth-order valence-electron chi connectivity index (χ4n) is 2.69. The van der Waals surface area contributed by atoms with Crippen molar-refractivity contribution in [3.63, 3.8) is 0 Å². The third-order valence-electron chi connectivity index (χ3n) is 4.19. The van der Waals surface area contributed by atoms with Crippen LogP contribution >= 0.6 is 0 Å². The minimum atomic E-state index is -4.93. The van der Waals surface area contributed by atoms with E-state index in [0.29, 0.717) is 10.1 Å². The third kappa shape index (κ3) is 5.53. The molecule has 1 aromatic carbocycles. The Labute approximate surface area is 174 Å². The Hall–Kier alpha value is -3.56.